The summed E-state index contributed by atoms with van der Waals surface area (Å²) in [5.41, 5.74) is 1.06. The summed E-state index contributed by atoms with van der Waals surface area (Å²) < 4.78 is 5.30. The Morgan fingerprint density at radius 1 is 1.38 bits per heavy atom. The molecule has 0 aromatic heterocycles. The van der Waals surface area contributed by atoms with Gasteiger partial charge in [0.1, 0.15) is 0 Å². The first kappa shape index (κ1) is 9.99. The van der Waals surface area contributed by atoms with Crippen molar-refractivity contribution in [3.8, 4) is 0 Å². The predicted molar refractivity (Wildman–Crippen MR) is 59.1 cm³/mol. The highest BCUT2D eigenvalue weighted by atomic mass is 28.2. The lowest BCUT2D eigenvalue weighted by Crippen LogP contribution is -2.14. The Morgan fingerprint density at radius 3 is 2.69 bits per heavy atom. The first-order valence-electron chi connectivity index (χ1n) is 4.52. The van der Waals surface area contributed by atoms with Crippen molar-refractivity contribution < 1.29 is 4.53 Å². The zero-order chi connectivity index (χ0) is 9.52. The second kappa shape index (κ2) is 5.53. The normalized spacial score (nSPS) is 12.3. The van der Waals surface area contributed by atoms with Gasteiger partial charge in [-0.15, -0.1) is 5.16 Å². The summed E-state index contributed by atoms with van der Waals surface area (Å²) in [6, 6.07) is 10.2. The summed E-state index contributed by atoms with van der Waals surface area (Å²) >= 11 is 0. The molecule has 0 radical (unpaired) electrons. The molecule has 0 aliphatic carbocycles. The van der Waals surface area contributed by atoms with E-state index in [0.29, 0.717) is 0 Å². The lowest BCUT2D eigenvalue weighted by Gasteiger charge is -1.99. The Bertz CT molecular complexity index is 272. The molecule has 0 fully saturated rings. The zero-order valence-electron chi connectivity index (χ0n) is 8.16. The van der Waals surface area contributed by atoms with E-state index < -0.39 is 9.76 Å². The third-order valence-electron chi connectivity index (χ3n) is 1.81. The Kier molecular flexibility index (Phi) is 4.25. The average molecular weight is 193 g/mol. The fourth-order valence-corrected chi connectivity index (χ4v) is 1.75. The quantitative estimate of drug-likeness (QED) is 0.400. The van der Waals surface area contributed by atoms with Crippen LogP contribution in [0.5, 0.6) is 0 Å². The van der Waals surface area contributed by atoms with Crippen molar-refractivity contribution in [2.75, 3.05) is 0 Å². The summed E-state index contributed by atoms with van der Waals surface area (Å²) in [6.07, 6.45) is 0.961. The van der Waals surface area contributed by atoms with Gasteiger partial charge in [0.25, 0.3) is 9.76 Å². The van der Waals surface area contributed by atoms with Gasteiger partial charge in [-0.3, -0.25) is 0 Å². The molecule has 70 valence electrons. The number of oxime groups is 1. The molecule has 0 saturated heterocycles. The van der Waals surface area contributed by atoms with Crippen LogP contribution in [0.25, 0.3) is 0 Å². The topological polar surface area (TPSA) is 21.6 Å². The molecule has 3 heteroatoms. The molecule has 0 aliphatic rings. The molecular formula is C10H15NOSi. The second-order valence-corrected chi connectivity index (χ2v) is 4.30. The summed E-state index contributed by atoms with van der Waals surface area (Å²) in [6.45, 7) is 4.06. The van der Waals surface area contributed by atoms with Crippen LogP contribution in [-0.4, -0.2) is 15.5 Å². The van der Waals surface area contributed by atoms with Crippen LogP contribution in [0.15, 0.2) is 35.5 Å². The summed E-state index contributed by atoms with van der Waals surface area (Å²) in [5, 5.41) is 5.30. The minimum Gasteiger partial charge on any atom is -0.457 e. The lowest BCUT2D eigenvalue weighted by molar-refractivity contribution is 0.368. The third kappa shape index (κ3) is 3.89. The molecule has 0 amide bonds. The minimum atomic E-state index is -0.651. The first-order valence-corrected chi connectivity index (χ1v) is 5.80. The van der Waals surface area contributed by atoms with E-state index in [4.69, 9.17) is 4.53 Å². The average Bonchev–Trinajstić information content (AvgIpc) is 2.19. The molecule has 0 spiro atoms. The van der Waals surface area contributed by atoms with Gasteiger partial charge in [0.05, 0.1) is 5.71 Å². The van der Waals surface area contributed by atoms with Gasteiger partial charge < -0.3 is 4.53 Å². The fourth-order valence-electron chi connectivity index (χ4n) is 0.856. The highest BCUT2D eigenvalue weighted by molar-refractivity contribution is 6.46. The maximum Gasteiger partial charge on any atom is 0.288 e. The van der Waals surface area contributed by atoms with E-state index in [2.05, 4.69) is 24.2 Å². The van der Waals surface area contributed by atoms with E-state index in [1.807, 2.05) is 25.1 Å². The van der Waals surface area contributed by atoms with E-state index in [1.165, 1.54) is 5.19 Å². The van der Waals surface area contributed by atoms with Crippen LogP contribution in [0.2, 0.25) is 0 Å². The molecule has 1 aromatic carbocycles. The van der Waals surface area contributed by atoms with Crippen molar-refractivity contribution in [2.45, 2.75) is 20.3 Å². The molecule has 0 heterocycles. The van der Waals surface area contributed by atoms with Gasteiger partial charge in [0.2, 0.25) is 0 Å². The fraction of sp³-hybridized carbons (Fsp3) is 0.300. The standard InChI is InChI=1S/C10H15NOSi/c1-3-9(2)11-12-13-10-7-5-4-6-8-10/h4-8H,3,13H2,1-2H3. The lowest BCUT2D eigenvalue weighted by atomic mass is 10.3. The number of benzene rings is 1. The maximum atomic E-state index is 5.30. The van der Waals surface area contributed by atoms with Gasteiger partial charge in [0, 0.05) is 0 Å². The van der Waals surface area contributed by atoms with Crippen LogP contribution in [-0.2, 0) is 4.53 Å². The van der Waals surface area contributed by atoms with Gasteiger partial charge in [-0.1, -0.05) is 37.3 Å². The first-order chi connectivity index (χ1) is 6.33. The number of nitrogens with zero attached hydrogens (tertiary/aromatic N) is 1. The molecular weight excluding hydrogens is 178 g/mol. The molecule has 0 unspecified atom stereocenters. The van der Waals surface area contributed by atoms with Crippen molar-refractivity contribution in [2.24, 2.45) is 5.16 Å². The molecule has 1 rings (SSSR count). The van der Waals surface area contributed by atoms with Gasteiger partial charge in [-0.05, 0) is 18.5 Å². The van der Waals surface area contributed by atoms with Gasteiger partial charge in [-0.25, -0.2) is 0 Å². The van der Waals surface area contributed by atoms with Crippen LogP contribution in [0.4, 0.5) is 0 Å². The SMILES string of the molecule is CCC(C)=NO[SiH2]c1ccccc1. The Hall–Kier alpha value is -1.09. The van der Waals surface area contributed by atoms with E-state index in [9.17, 15) is 0 Å². The minimum absolute atomic E-state index is 0.651. The van der Waals surface area contributed by atoms with E-state index in [-0.39, 0.29) is 0 Å². The van der Waals surface area contributed by atoms with E-state index >= 15 is 0 Å². The molecule has 0 N–H and O–H groups in total. The molecule has 2 nitrogen and oxygen atoms in total. The van der Waals surface area contributed by atoms with Crippen LogP contribution < -0.4 is 5.19 Å². The van der Waals surface area contributed by atoms with Gasteiger partial charge in [0.15, 0.2) is 0 Å². The molecule has 0 bridgehead atoms. The van der Waals surface area contributed by atoms with Crippen LogP contribution >= 0.6 is 0 Å². The highest BCUT2D eigenvalue weighted by Gasteiger charge is 1.92. The zero-order valence-corrected chi connectivity index (χ0v) is 9.57. The monoisotopic (exact) mass is 193 g/mol. The van der Waals surface area contributed by atoms with Crippen molar-refractivity contribution in [1.29, 1.82) is 0 Å². The van der Waals surface area contributed by atoms with Crippen LogP contribution in [0.3, 0.4) is 0 Å². The van der Waals surface area contributed by atoms with Crippen molar-refractivity contribution in [3.05, 3.63) is 30.3 Å². The number of hydrogen-bond acceptors (Lipinski definition) is 2. The largest absolute Gasteiger partial charge is 0.457 e. The third-order valence-corrected chi connectivity index (χ3v) is 2.87. The Balaban J connectivity index is 2.36. The summed E-state index contributed by atoms with van der Waals surface area (Å²) in [4.78, 5) is 0. The number of hydrogen-bond donors (Lipinski definition) is 0. The van der Waals surface area contributed by atoms with Crippen LogP contribution in [0, 0.1) is 0 Å². The van der Waals surface area contributed by atoms with E-state index in [0.717, 1.165) is 12.1 Å². The van der Waals surface area contributed by atoms with E-state index in [1.54, 1.807) is 0 Å². The molecule has 0 atom stereocenters. The molecule has 13 heavy (non-hydrogen) atoms. The molecule has 0 saturated carbocycles. The van der Waals surface area contributed by atoms with Crippen molar-refractivity contribution >= 4 is 20.7 Å². The van der Waals surface area contributed by atoms with Crippen molar-refractivity contribution in [1.82, 2.24) is 0 Å². The Morgan fingerprint density at radius 2 is 2.08 bits per heavy atom. The van der Waals surface area contributed by atoms with Gasteiger partial charge in [-0.2, -0.15) is 0 Å². The smallest absolute Gasteiger partial charge is 0.288 e. The van der Waals surface area contributed by atoms with Crippen LogP contribution in [0.1, 0.15) is 20.3 Å². The highest BCUT2D eigenvalue weighted by Crippen LogP contribution is 1.86. The molecule has 0 aliphatic heterocycles. The number of rotatable bonds is 4. The second-order valence-electron chi connectivity index (χ2n) is 2.94. The maximum absolute atomic E-state index is 5.30. The van der Waals surface area contributed by atoms with Crippen molar-refractivity contribution in [3.63, 3.8) is 0 Å². The summed E-state index contributed by atoms with van der Waals surface area (Å²) in [7, 11) is -0.651. The Labute approximate surface area is 81.6 Å². The predicted octanol–water partition coefficient (Wildman–Crippen LogP) is 1.20. The summed E-state index contributed by atoms with van der Waals surface area (Å²) in [5.74, 6) is 0. The van der Waals surface area contributed by atoms with Gasteiger partial charge >= 0.3 is 0 Å². The molecule has 1 aromatic rings.